The fourth-order valence-corrected chi connectivity index (χ4v) is 5.17. The molecular weight excluding hydrogens is 478 g/mol. The molecule has 3 aromatic heterocycles. The van der Waals surface area contributed by atoms with E-state index in [0.717, 1.165) is 27.0 Å². The molecule has 1 amide bonds. The number of benzene rings is 1. The average Bonchev–Trinajstić information content (AvgIpc) is 3.56. The van der Waals surface area contributed by atoms with Crippen molar-refractivity contribution in [1.29, 1.82) is 0 Å². The van der Waals surface area contributed by atoms with Crippen molar-refractivity contribution in [2.45, 2.75) is 25.5 Å². The minimum Gasteiger partial charge on any atom is -0.455 e. The van der Waals surface area contributed by atoms with Gasteiger partial charge in [-0.15, -0.1) is 32.9 Å². The van der Waals surface area contributed by atoms with Crippen molar-refractivity contribution in [3.8, 4) is 22.0 Å². The van der Waals surface area contributed by atoms with Gasteiger partial charge in [-0.2, -0.15) is 0 Å². The number of esters is 1. The lowest BCUT2D eigenvalue weighted by atomic mass is 10.1. The number of carbonyl (C=O) groups is 2. The summed E-state index contributed by atoms with van der Waals surface area (Å²) < 4.78 is 7.08. The molecule has 0 aliphatic heterocycles. The lowest BCUT2D eigenvalue weighted by Crippen LogP contribution is -2.21. The van der Waals surface area contributed by atoms with E-state index in [1.54, 1.807) is 28.7 Å². The van der Waals surface area contributed by atoms with Crippen LogP contribution in [0.3, 0.4) is 0 Å². The van der Waals surface area contributed by atoms with Gasteiger partial charge in [-0.25, -0.2) is 4.98 Å². The number of hydrogen-bond donors (Lipinski definition) is 1. The van der Waals surface area contributed by atoms with E-state index in [4.69, 9.17) is 4.74 Å². The van der Waals surface area contributed by atoms with E-state index in [0.29, 0.717) is 17.4 Å². The van der Waals surface area contributed by atoms with E-state index in [1.807, 2.05) is 59.5 Å². The van der Waals surface area contributed by atoms with Gasteiger partial charge in [0, 0.05) is 23.2 Å². The lowest BCUT2D eigenvalue weighted by molar-refractivity contribution is -0.144. The van der Waals surface area contributed by atoms with Crippen LogP contribution in [-0.2, 0) is 20.9 Å². The summed E-state index contributed by atoms with van der Waals surface area (Å²) in [6.45, 7) is 4.26. The maximum Gasteiger partial charge on any atom is 0.316 e. The standard InChI is InChI=1S/C22H21N5O3S3/c1-3-27-21(18-8-5-9-31-18)25-26-22(27)33-13-20(29)30-11-19(28)24-16-7-4-6-15(10-16)17-12-32-14(2)23-17/h4-10,12H,3,11,13H2,1-2H3,(H,24,28). The van der Waals surface area contributed by atoms with E-state index >= 15 is 0 Å². The first kappa shape index (κ1) is 23.1. The third kappa shape index (κ3) is 5.86. The van der Waals surface area contributed by atoms with Crippen LogP contribution in [0.2, 0.25) is 0 Å². The first-order valence-electron chi connectivity index (χ1n) is 10.1. The van der Waals surface area contributed by atoms with Crippen LogP contribution in [-0.4, -0.2) is 44.0 Å². The zero-order valence-electron chi connectivity index (χ0n) is 18.0. The highest BCUT2D eigenvalue weighted by Crippen LogP contribution is 2.27. The van der Waals surface area contributed by atoms with Gasteiger partial charge in [0.05, 0.1) is 21.3 Å². The number of thiophene rings is 1. The zero-order valence-corrected chi connectivity index (χ0v) is 20.4. The van der Waals surface area contributed by atoms with Crippen molar-refractivity contribution >= 4 is 52.0 Å². The molecule has 0 atom stereocenters. The number of aryl methyl sites for hydroxylation is 1. The largest absolute Gasteiger partial charge is 0.455 e. The molecule has 0 saturated carbocycles. The van der Waals surface area contributed by atoms with E-state index in [2.05, 4.69) is 20.5 Å². The SMILES string of the molecule is CCn1c(SCC(=O)OCC(=O)Nc2cccc(-c3csc(C)n3)c2)nnc1-c1cccs1. The smallest absolute Gasteiger partial charge is 0.316 e. The minimum atomic E-state index is -0.495. The highest BCUT2D eigenvalue weighted by molar-refractivity contribution is 7.99. The Morgan fingerprint density at radius 2 is 2.06 bits per heavy atom. The Labute approximate surface area is 203 Å². The number of anilines is 1. The molecule has 0 radical (unpaired) electrons. The maximum atomic E-state index is 12.2. The summed E-state index contributed by atoms with van der Waals surface area (Å²) in [7, 11) is 0. The number of ether oxygens (including phenoxy) is 1. The van der Waals surface area contributed by atoms with Gasteiger partial charge in [0.2, 0.25) is 0 Å². The fraction of sp³-hybridized carbons (Fsp3) is 0.227. The summed E-state index contributed by atoms with van der Waals surface area (Å²) in [4.78, 5) is 29.9. The summed E-state index contributed by atoms with van der Waals surface area (Å²) in [5.41, 5.74) is 2.39. The topological polar surface area (TPSA) is 99.0 Å². The van der Waals surface area contributed by atoms with Crippen molar-refractivity contribution in [2.75, 3.05) is 17.7 Å². The number of amides is 1. The van der Waals surface area contributed by atoms with Gasteiger partial charge < -0.3 is 14.6 Å². The predicted molar refractivity (Wildman–Crippen MR) is 132 cm³/mol. The molecule has 0 fully saturated rings. The van der Waals surface area contributed by atoms with Crippen LogP contribution in [0.1, 0.15) is 11.9 Å². The molecular formula is C22H21N5O3S3. The molecule has 1 aromatic carbocycles. The molecule has 8 nitrogen and oxygen atoms in total. The molecule has 3 heterocycles. The van der Waals surface area contributed by atoms with Crippen LogP contribution in [0.5, 0.6) is 0 Å². The van der Waals surface area contributed by atoms with Crippen LogP contribution in [0.25, 0.3) is 22.0 Å². The number of thioether (sulfide) groups is 1. The van der Waals surface area contributed by atoms with E-state index in [9.17, 15) is 9.59 Å². The van der Waals surface area contributed by atoms with Crippen LogP contribution in [0.15, 0.2) is 52.3 Å². The van der Waals surface area contributed by atoms with Crippen LogP contribution < -0.4 is 5.32 Å². The Balaban J connectivity index is 1.27. The second-order valence-electron chi connectivity index (χ2n) is 6.86. The number of nitrogens with zero attached hydrogens (tertiary/aromatic N) is 4. The molecule has 0 unspecified atom stereocenters. The molecule has 11 heteroatoms. The van der Waals surface area contributed by atoms with E-state index in [1.165, 1.54) is 11.8 Å². The predicted octanol–water partition coefficient (Wildman–Crippen LogP) is 4.73. The van der Waals surface area contributed by atoms with Gasteiger partial charge in [-0.05, 0) is 37.4 Å². The van der Waals surface area contributed by atoms with Crippen molar-refractivity contribution in [3.05, 3.63) is 52.2 Å². The summed E-state index contributed by atoms with van der Waals surface area (Å²) in [6, 6.07) is 11.3. The highest BCUT2D eigenvalue weighted by atomic mass is 32.2. The van der Waals surface area contributed by atoms with Gasteiger partial charge >= 0.3 is 5.97 Å². The Morgan fingerprint density at radius 1 is 1.18 bits per heavy atom. The van der Waals surface area contributed by atoms with Crippen molar-refractivity contribution < 1.29 is 14.3 Å². The van der Waals surface area contributed by atoms with E-state index < -0.39 is 11.9 Å². The second-order valence-corrected chi connectivity index (χ2v) is 9.81. The van der Waals surface area contributed by atoms with Crippen molar-refractivity contribution in [2.24, 2.45) is 0 Å². The summed E-state index contributed by atoms with van der Waals surface area (Å²) >= 11 is 4.39. The first-order chi connectivity index (χ1) is 16.0. The lowest BCUT2D eigenvalue weighted by Gasteiger charge is -2.08. The fourth-order valence-electron chi connectivity index (χ4n) is 3.03. The van der Waals surface area contributed by atoms with Crippen molar-refractivity contribution in [3.63, 3.8) is 0 Å². The Morgan fingerprint density at radius 3 is 2.79 bits per heavy atom. The molecule has 0 spiro atoms. The van der Waals surface area contributed by atoms with Crippen LogP contribution >= 0.6 is 34.4 Å². The van der Waals surface area contributed by atoms with Gasteiger partial charge in [0.25, 0.3) is 5.91 Å². The number of hydrogen-bond acceptors (Lipinski definition) is 9. The molecule has 33 heavy (non-hydrogen) atoms. The average molecular weight is 500 g/mol. The monoisotopic (exact) mass is 499 g/mol. The quantitative estimate of drug-likeness (QED) is 0.262. The molecule has 170 valence electrons. The third-order valence-corrected chi connectivity index (χ3v) is 7.10. The Kier molecular flexibility index (Phi) is 7.53. The van der Waals surface area contributed by atoms with Crippen molar-refractivity contribution in [1.82, 2.24) is 19.7 Å². The molecule has 4 aromatic rings. The van der Waals surface area contributed by atoms with Gasteiger partial charge in [0.1, 0.15) is 0 Å². The Bertz CT molecular complexity index is 1250. The maximum absolute atomic E-state index is 12.2. The molecule has 0 saturated heterocycles. The van der Waals surface area contributed by atoms with E-state index in [-0.39, 0.29) is 12.4 Å². The van der Waals surface area contributed by atoms with Crippen LogP contribution in [0.4, 0.5) is 5.69 Å². The normalized spacial score (nSPS) is 10.8. The van der Waals surface area contributed by atoms with Gasteiger partial charge in [0.15, 0.2) is 17.6 Å². The third-order valence-electron chi connectivity index (χ3n) is 4.52. The number of rotatable bonds is 9. The number of carbonyl (C=O) groups excluding carboxylic acids is 2. The summed E-state index contributed by atoms with van der Waals surface area (Å²) in [6.07, 6.45) is 0. The second kappa shape index (κ2) is 10.7. The molecule has 1 N–H and O–H groups in total. The van der Waals surface area contributed by atoms with Gasteiger partial charge in [-0.3, -0.25) is 9.59 Å². The summed E-state index contributed by atoms with van der Waals surface area (Å²) in [5.74, 6) is -0.0891. The Hall–Kier alpha value is -3.02. The molecule has 0 aliphatic carbocycles. The zero-order chi connectivity index (χ0) is 23.2. The number of nitrogens with one attached hydrogen (secondary N) is 1. The number of aromatic nitrogens is 4. The molecule has 0 aliphatic rings. The molecule has 0 bridgehead atoms. The minimum absolute atomic E-state index is 0.0362. The number of thiazole rings is 1. The van der Waals surface area contributed by atoms with Crippen LogP contribution in [0, 0.1) is 6.92 Å². The van der Waals surface area contributed by atoms with Gasteiger partial charge in [-0.1, -0.05) is 30.0 Å². The highest BCUT2D eigenvalue weighted by Gasteiger charge is 2.16. The molecule has 4 rings (SSSR count). The summed E-state index contributed by atoms with van der Waals surface area (Å²) in [5, 5.41) is 16.7. The first-order valence-corrected chi connectivity index (χ1v) is 12.9.